The quantitative estimate of drug-likeness (QED) is 0.219. The van der Waals surface area contributed by atoms with E-state index in [-0.39, 0.29) is 29.7 Å². The molecular formula is C38H24O. The van der Waals surface area contributed by atoms with Gasteiger partial charge in [0.1, 0.15) is 11.2 Å². The van der Waals surface area contributed by atoms with Gasteiger partial charge in [0.2, 0.25) is 0 Å². The van der Waals surface area contributed by atoms with Gasteiger partial charge >= 0.3 is 0 Å². The molecule has 0 N–H and O–H groups in total. The van der Waals surface area contributed by atoms with Crippen molar-refractivity contribution in [3.63, 3.8) is 0 Å². The maximum atomic E-state index is 8.93. The third-order valence-corrected chi connectivity index (χ3v) is 7.55. The molecule has 0 bridgehead atoms. The lowest BCUT2D eigenvalue weighted by atomic mass is 9.84. The topological polar surface area (TPSA) is 13.1 Å². The van der Waals surface area contributed by atoms with Crippen LogP contribution in [-0.4, -0.2) is 0 Å². The maximum absolute atomic E-state index is 8.93. The molecule has 0 aliphatic heterocycles. The highest BCUT2D eigenvalue weighted by Crippen LogP contribution is 2.45. The van der Waals surface area contributed by atoms with E-state index in [1.54, 1.807) is 0 Å². The Morgan fingerprint density at radius 1 is 0.385 bits per heavy atom. The number of hydrogen-bond acceptors (Lipinski definition) is 1. The number of furan rings is 1. The van der Waals surface area contributed by atoms with Gasteiger partial charge in [-0.05, 0) is 79.2 Å². The molecule has 0 amide bonds. The average Bonchev–Trinajstić information content (AvgIpc) is 3.44. The van der Waals surface area contributed by atoms with Crippen molar-refractivity contribution in [1.82, 2.24) is 0 Å². The van der Waals surface area contributed by atoms with Crippen molar-refractivity contribution in [3.05, 3.63) is 145 Å². The monoisotopic (exact) mass is 501 g/mol. The summed E-state index contributed by atoms with van der Waals surface area (Å²) in [7, 11) is 0. The van der Waals surface area contributed by atoms with Crippen LogP contribution in [0.15, 0.2) is 150 Å². The standard InChI is InChI=1S/C38H24O/c1-3-11-25(12-4-1)27-19-21-32-34(23-27)37(26-13-5-2-6-14-26)30-16-7-8-17-31(30)38(32)28-20-22-36-33(24-28)29-15-9-10-18-35(29)39-36/h1-24H/i2D,5D,6D,13D,14D. The molecule has 8 aromatic rings. The molecule has 1 heterocycles. The summed E-state index contributed by atoms with van der Waals surface area (Å²) in [6.07, 6.45) is 0. The molecule has 0 aliphatic rings. The second-order valence-corrected chi connectivity index (χ2v) is 9.73. The number of hydrogen-bond donors (Lipinski definition) is 0. The van der Waals surface area contributed by atoms with Crippen molar-refractivity contribution in [3.8, 4) is 33.4 Å². The highest BCUT2D eigenvalue weighted by molar-refractivity contribution is 6.22. The molecular weight excluding hydrogens is 472 g/mol. The summed E-state index contributed by atoms with van der Waals surface area (Å²) < 4.78 is 49.1. The fourth-order valence-corrected chi connectivity index (χ4v) is 5.83. The number of fused-ring (bicyclic) bond motifs is 5. The highest BCUT2D eigenvalue weighted by atomic mass is 16.3. The van der Waals surface area contributed by atoms with Gasteiger partial charge < -0.3 is 4.42 Å². The van der Waals surface area contributed by atoms with Crippen LogP contribution in [0.4, 0.5) is 0 Å². The Kier molecular flexibility index (Phi) is 3.89. The predicted octanol–water partition coefficient (Wildman–Crippen LogP) is 10.9. The van der Waals surface area contributed by atoms with E-state index in [2.05, 4.69) is 36.4 Å². The maximum Gasteiger partial charge on any atom is 0.135 e. The largest absolute Gasteiger partial charge is 0.456 e. The summed E-state index contributed by atoms with van der Waals surface area (Å²) in [5.74, 6) is 0. The van der Waals surface area contributed by atoms with Crippen molar-refractivity contribution < 1.29 is 11.3 Å². The van der Waals surface area contributed by atoms with Crippen LogP contribution in [0.25, 0.3) is 76.9 Å². The zero-order chi connectivity index (χ0) is 30.1. The Bertz CT molecular complexity index is 2410. The summed E-state index contributed by atoms with van der Waals surface area (Å²) in [5, 5.41) is 5.55. The molecule has 39 heavy (non-hydrogen) atoms. The van der Waals surface area contributed by atoms with Crippen molar-refractivity contribution in [2.75, 3.05) is 0 Å². The van der Waals surface area contributed by atoms with E-state index in [1.165, 1.54) is 0 Å². The van der Waals surface area contributed by atoms with E-state index in [0.29, 0.717) is 5.56 Å². The van der Waals surface area contributed by atoms with Crippen LogP contribution < -0.4 is 0 Å². The molecule has 0 unspecified atom stereocenters. The minimum atomic E-state index is -0.403. The zero-order valence-electron chi connectivity index (χ0n) is 25.9. The Morgan fingerprint density at radius 3 is 1.77 bits per heavy atom. The molecule has 0 saturated carbocycles. The Labute approximate surface area is 233 Å². The van der Waals surface area contributed by atoms with Crippen molar-refractivity contribution >= 4 is 43.5 Å². The van der Waals surface area contributed by atoms with Gasteiger partial charge in [-0.15, -0.1) is 0 Å². The van der Waals surface area contributed by atoms with Gasteiger partial charge in [-0.2, -0.15) is 0 Å². The molecule has 0 spiro atoms. The fraction of sp³-hybridized carbons (Fsp3) is 0. The van der Waals surface area contributed by atoms with Crippen LogP contribution in [-0.2, 0) is 0 Å². The number of para-hydroxylation sites is 1. The van der Waals surface area contributed by atoms with Crippen molar-refractivity contribution in [2.24, 2.45) is 0 Å². The van der Waals surface area contributed by atoms with Crippen molar-refractivity contribution in [1.29, 1.82) is 0 Å². The first-order chi connectivity index (χ1) is 21.4. The number of benzene rings is 7. The van der Waals surface area contributed by atoms with Gasteiger partial charge in [0.05, 0.1) is 6.85 Å². The minimum Gasteiger partial charge on any atom is -0.456 e. The molecule has 0 atom stereocenters. The van der Waals surface area contributed by atoms with E-state index < -0.39 is 6.04 Å². The van der Waals surface area contributed by atoms with Crippen LogP contribution in [0.1, 0.15) is 6.85 Å². The van der Waals surface area contributed by atoms with Gasteiger partial charge in [0.25, 0.3) is 0 Å². The van der Waals surface area contributed by atoms with Gasteiger partial charge in [0.15, 0.2) is 0 Å². The first-order valence-corrected chi connectivity index (χ1v) is 12.9. The summed E-state index contributed by atoms with van der Waals surface area (Å²) >= 11 is 0. The molecule has 0 fully saturated rings. The van der Waals surface area contributed by atoms with Crippen LogP contribution in [0.3, 0.4) is 0 Å². The van der Waals surface area contributed by atoms with E-state index >= 15 is 0 Å². The van der Waals surface area contributed by atoms with Crippen molar-refractivity contribution in [2.45, 2.75) is 0 Å². The molecule has 7 aromatic carbocycles. The third-order valence-electron chi connectivity index (χ3n) is 7.55. The smallest absolute Gasteiger partial charge is 0.135 e. The molecule has 0 saturated heterocycles. The first kappa shape index (κ1) is 17.4. The van der Waals surface area contributed by atoms with Gasteiger partial charge in [-0.25, -0.2) is 0 Å². The average molecular weight is 502 g/mol. The summed E-state index contributed by atoms with van der Waals surface area (Å²) in [6, 6.07) is 37.0. The van der Waals surface area contributed by atoms with Gasteiger partial charge in [0, 0.05) is 10.8 Å². The molecule has 1 aromatic heterocycles. The van der Waals surface area contributed by atoms with Crippen LogP contribution in [0.5, 0.6) is 0 Å². The SMILES string of the molecule is [2H]c1c([2H])c([2H])c(-c2c3ccccc3c(-c3ccc4oc5ccccc5c4c3)c3ccc(-c4ccccc4)cc23)c([2H])c1[2H]. The van der Waals surface area contributed by atoms with Crippen LogP contribution in [0, 0.1) is 0 Å². The molecule has 8 rings (SSSR count). The predicted molar refractivity (Wildman–Crippen MR) is 165 cm³/mol. The molecule has 0 radical (unpaired) electrons. The third kappa shape index (κ3) is 3.48. The summed E-state index contributed by atoms with van der Waals surface area (Å²) in [4.78, 5) is 0. The lowest BCUT2D eigenvalue weighted by molar-refractivity contribution is 0.669. The lowest BCUT2D eigenvalue weighted by Gasteiger charge is -2.19. The van der Waals surface area contributed by atoms with Gasteiger partial charge in [-0.1, -0.05) is 121 Å². The minimum absolute atomic E-state index is 0.199. The summed E-state index contributed by atoms with van der Waals surface area (Å²) in [5.41, 5.74) is 6.49. The molecule has 1 nitrogen and oxygen atoms in total. The van der Waals surface area contributed by atoms with E-state index in [4.69, 9.17) is 11.3 Å². The van der Waals surface area contributed by atoms with Crippen LogP contribution >= 0.6 is 0 Å². The normalized spacial score (nSPS) is 13.4. The second kappa shape index (κ2) is 8.72. The highest BCUT2D eigenvalue weighted by Gasteiger charge is 2.18. The molecule has 182 valence electrons. The van der Waals surface area contributed by atoms with E-state index in [0.717, 1.165) is 65.7 Å². The van der Waals surface area contributed by atoms with Crippen LogP contribution in [0.2, 0.25) is 0 Å². The Hall–Kier alpha value is -5.14. The Morgan fingerprint density at radius 2 is 0.974 bits per heavy atom. The summed E-state index contributed by atoms with van der Waals surface area (Å²) in [6.45, 7) is 0. The van der Waals surface area contributed by atoms with E-state index in [1.807, 2.05) is 78.9 Å². The first-order valence-electron chi connectivity index (χ1n) is 15.4. The van der Waals surface area contributed by atoms with E-state index in [9.17, 15) is 0 Å². The van der Waals surface area contributed by atoms with Gasteiger partial charge in [-0.3, -0.25) is 0 Å². The molecule has 1 heteroatoms. The lowest BCUT2D eigenvalue weighted by Crippen LogP contribution is -1.91. The zero-order valence-corrected chi connectivity index (χ0v) is 20.9. The Balaban J connectivity index is 1.55. The molecule has 0 aliphatic carbocycles. The fourth-order valence-electron chi connectivity index (χ4n) is 5.83. The second-order valence-electron chi connectivity index (χ2n) is 9.73. The number of rotatable bonds is 3.